The third-order valence-electron chi connectivity index (χ3n) is 1.56. The van der Waals surface area contributed by atoms with Gasteiger partial charge in [-0.25, -0.2) is 4.39 Å². The van der Waals surface area contributed by atoms with Crippen LogP contribution in [-0.2, 0) is 0 Å². The van der Waals surface area contributed by atoms with E-state index in [1.807, 2.05) is 0 Å². The van der Waals surface area contributed by atoms with E-state index >= 15 is 0 Å². The maximum absolute atomic E-state index is 13.0. The molecule has 1 aromatic rings. The monoisotopic (exact) mass is 204 g/mol. The predicted octanol–water partition coefficient (Wildman–Crippen LogP) is 0.167. The van der Waals surface area contributed by atoms with E-state index < -0.39 is 12.9 Å². The number of ether oxygens (including phenoxy) is 1. The summed E-state index contributed by atoms with van der Waals surface area (Å²) in [7, 11) is -0.666. The lowest BCUT2D eigenvalue weighted by molar-refractivity contribution is 0.399. The standard InChI is InChI=1S/C7H7BClFO3/c1-13-7-4(9)2-3-5(10)6(7)8(11)12/h2-3,11-12H,1H3. The molecule has 0 amide bonds. The van der Waals surface area contributed by atoms with Gasteiger partial charge >= 0.3 is 7.12 Å². The second kappa shape index (κ2) is 3.96. The van der Waals surface area contributed by atoms with E-state index in [1.54, 1.807) is 0 Å². The molecule has 70 valence electrons. The SMILES string of the molecule is COc1c(Cl)ccc(F)c1B(O)O. The highest BCUT2D eigenvalue weighted by atomic mass is 35.5. The molecule has 13 heavy (non-hydrogen) atoms. The summed E-state index contributed by atoms with van der Waals surface area (Å²) in [4.78, 5) is 0. The summed E-state index contributed by atoms with van der Waals surface area (Å²) < 4.78 is 17.7. The number of hydrogen-bond acceptors (Lipinski definition) is 3. The van der Waals surface area contributed by atoms with Crippen LogP contribution < -0.4 is 10.2 Å². The van der Waals surface area contributed by atoms with Gasteiger partial charge in [0.05, 0.1) is 17.6 Å². The molecule has 0 saturated heterocycles. The van der Waals surface area contributed by atoms with Crippen molar-refractivity contribution in [2.24, 2.45) is 0 Å². The molecule has 1 rings (SSSR count). The Labute approximate surface area is 79.9 Å². The molecule has 0 unspecified atom stereocenters. The third kappa shape index (κ3) is 1.93. The van der Waals surface area contributed by atoms with Crippen molar-refractivity contribution < 1.29 is 19.2 Å². The fourth-order valence-corrected chi connectivity index (χ4v) is 1.24. The van der Waals surface area contributed by atoms with Gasteiger partial charge in [-0.1, -0.05) is 11.6 Å². The first kappa shape index (κ1) is 10.3. The molecule has 0 aliphatic heterocycles. The first-order valence-corrected chi connectivity index (χ1v) is 3.83. The molecule has 6 heteroatoms. The molecular formula is C7H7BClFO3. The molecule has 2 N–H and O–H groups in total. The highest BCUT2D eigenvalue weighted by molar-refractivity contribution is 6.60. The van der Waals surface area contributed by atoms with Gasteiger partial charge in [0.1, 0.15) is 11.6 Å². The molecule has 3 nitrogen and oxygen atoms in total. The number of benzene rings is 1. The van der Waals surface area contributed by atoms with Crippen molar-refractivity contribution in [3.05, 3.63) is 23.0 Å². The number of hydrogen-bond donors (Lipinski definition) is 2. The van der Waals surface area contributed by atoms with Crippen LogP contribution in [0.1, 0.15) is 0 Å². The minimum Gasteiger partial charge on any atom is -0.495 e. The van der Waals surface area contributed by atoms with Crippen LogP contribution in [0, 0.1) is 5.82 Å². The Hall–Kier alpha value is -0.775. The van der Waals surface area contributed by atoms with Crippen LogP contribution >= 0.6 is 11.6 Å². The van der Waals surface area contributed by atoms with E-state index in [4.69, 9.17) is 26.4 Å². The molecule has 0 aliphatic carbocycles. The minimum atomic E-state index is -1.94. The van der Waals surface area contributed by atoms with E-state index in [2.05, 4.69) is 0 Å². The summed E-state index contributed by atoms with van der Waals surface area (Å²) in [5, 5.41) is 17.8. The number of methoxy groups -OCH3 is 1. The Morgan fingerprint density at radius 1 is 1.46 bits per heavy atom. The molecule has 0 saturated carbocycles. The van der Waals surface area contributed by atoms with E-state index in [0.29, 0.717) is 0 Å². The Bertz CT molecular complexity index is 319. The maximum Gasteiger partial charge on any atom is 0.495 e. The van der Waals surface area contributed by atoms with Crippen molar-refractivity contribution >= 4 is 24.2 Å². The van der Waals surface area contributed by atoms with Crippen molar-refractivity contribution in [3.63, 3.8) is 0 Å². The summed E-state index contributed by atoms with van der Waals surface area (Å²) in [6, 6.07) is 2.32. The Kier molecular flexibility index (Phi) is 3.14. The van der Waals surface area contributed by atoms with Gasteiger partial charge in [-0.2, -0.15) is 0 Å². The first-order valence-electron chi connectivity index (χ1n) is 3.46. The zero-order valence-corrected chi connectivity index (χ0v) is 7.55. The summed E-state index contributed by atoms with van der Waals surface area (Å²) >= 11 is 5.63. The second-order valence-electron chi connectivity index (χ2n) is 2.35. The van der Waals surface area contributed by atoms with Crippen molar-refractivity contribution in [2.75, 3.05) is 7.11 Å². The third-order valence-corrected chi connectivity index (χ3v) is 1.85. The van der Waals surface area contributed by atoms with E-state index in [-0.39, 0.29) is 16.2 Å². The summed E-state index contributed by atoms with van der Waals surface area (Å²) in [6.45, 7) is 0. The lowest BCUT2D eigenvalue weighted by atomic mass is 9.79. The molecule has 0 bridgehead atoms. The van der Waals surface area contributed by atoms with Crippen LogP contribution in [0.4, 0.5) is 4.39 Å². The maximum atomic E-state index is 13.0. The van der Waals surface area contributed by atoms with Crippen molar-refractivity contribution in [2.45, 2.75) is 0 Å². The van der Waals surface area contributed by atoms with E-state index in [0.717, 1.165) is 6.07 Å². The van der Waals surface area contributed by atoms with Crippen molar-refractivity contribution in [1.82, 2.24) is 0 Å². The van der Waals surface area contributed by atoms with Crippen molar-refractivity contribution in [3.8, 4) is 5.75 Å². The Morgan fingerprint density at radius 2 is 2.08 bits per heavy atom. The van der Waals surface area contributed by atoms with Gasteiger partial charge in [0.25, 0.3) is 0 Å². The van der Waals surface area contributed by atoms with Crippen LogP contribution in [0.5, 0.6) is 5.75 Å². The summed E-state index contributed by atoms with van der Waals surface area (Å²) in [5.41, 5.74) is -0.352. The average Bonchev–Trinajstić information content (AvgIpc) is 2.07. The Balaban J connectivity index is 3.35. The second-order valence-corrected chi connectivity index (χ2v) is 2.76. The molecule has 0 radical (unpaired) electrons. The van der Waals surface area contributed by atoms with Gasteiger partial charge in [-0.15, -0.1) is 0 Å². The lowest BCUT2D eigenvalue weighted by Crippen LogP contribution is -2.34. The molecule has 0 aliphatic rings. The van der Waals surface area contributed by atoms with E-state index in [1.165, 1.54) is 13.2 Å². The molecule has 0 spiro atoms. The molecular weight excluding hydrogens is 197 g/mol. The highest BCUT2D eigenvalue weighted by Crippen LogP contribution is 2.22. The number of rotatable bonds is 2. The zero-order chi connectivity index (χ0) is 10.0. The zero-order valence-electron chi connectivity index (χ0n) is 6.79. The van der Waals surface area contributed by atoms with Crippen LogP contribution in [0.2, 0.25) is 5.02 Å². The first-order chi connectivity index (χ1) is 6.07. The van der Waals surface area contributed by atoms with Gasteiger partial charge in [-0.05, 0) is 12.1 Å². The van der Waals surface area contributed by atoms with E-state index in [9.17, 15) is 4.39 Å². The highest BCUT2D eigenvalue weighted by Gasteiger charge is 2.23. The predicted molar refractivity (Wildman–Crippen MR) is 47.8 cm³/mol. The van der Waals surface area contributed by atoms with Gasteiger partial charge < -0.3 is 14.8 Å². The van der Waals surface area contributed by atoms with Crippen molar-refractivity contribution in [1.29, 1.82) is 0 Å². The topological polar surface area (TPSA) is 49.7 Å². The van der Waals surface area contributed by atoms with Crippen LogP contribution in [0.25, 0.3) is 0 Å². The van der Waals surface area contributed by atoms with Crippen LogP contribution in [0.15, 0.2) is 12.1 Å². The van der Waals surface area contributed by atoms with Gasteiger partial charge in [0.15, 0.2) is 0 Å². The molecule has 1 aromatic carbocycles. The molecule has 0 fully saturated rings. The minimum absolute atomic E-state index is 0.0586. The van der Waals surface area contributed by atoms with Crippen LogP contribution in [-0.4, -0.2) is 24.3 Å². The summed E-state index contributed by atoms with van der Waals surface area (Å²) in [5.74, 6) is -0.826. The quantitative estimate of drug-likeness (QED) is 0.675. The fraction of sp³-hybridized carbons (Fsp3) is 0.143. The van der Waals surface area contributed by atoms with Gasteiger partial charge in [0.2, 0.25) is 0 Å². The molecule has 0 aromatic heterocycles. The fourth-order valence-electron chi connectivity index (χ4n) is 0.997. The summed E-state index contributed by atoms with van der Waals surface area (Å²) in [6.07, 6.45) is 0. The average molecular weight is 204 g/mol. The largest absolute Gasteiger partial charge is 0.495 e. The smallest absolute Gasteiger partial charge is 0.495 e. The molecule has 0 heterocycles. The Morgan fingerprint density at radius 3 is 2.46 bits per heavy atom. The lowest BCUT2D eigenvalue weighted by Gasteiger charge is -2.09. The molecule has 0 atom stereocenters. The van der Waals surface area contributed by atoms with Gasteiger partial charge in [0, 0.05) is 0 Å². The van der Waals surface area contributed by atoms with Gasteiger partial charge in [-0.3, -0.25) is 0 Å². The van der Waals surface area contributed by atoms with Crippen LogP contribution in [0.3, 0.4) is 0 Å². The number of halogens is 2. The normalized spacial score (nSPS) is 9.92.